The first-order valence-electron chi connectivity index (χ1n) is 8.48. The Morgan fingerprint density at radius 1 is 1.26 bits per heavy atom. The molecule has 1 aromatic heterocycles. The molecule has 142 valence electrons. The molecule has 0 unspecified atom stereocenters. The highest BCUT2D eigenvalue weighted by atomic mass is 35.5. The lowest BCUT2D eigenvalue weighted by molar-refractivity contribution is -0.159. The van der Waals surface area contributed by atoms with Gasteiger partial charge in [-0.1, -0.05) is 23.8 Å². The number of rotatable bonds is 5. The number of fused-ring (bicyclic) bond motifs is 1. The number of hydrogen-bond donors (Lipinski definition) is 1. The van der Waals surface area contributed by atoms with Crippen molar-refractivity contribution in [3.8, 4) is 0 Å². The molecular formula is C18H18ClN3O5. The summed E-state index contributed by atoms with van der Waals surface area (Å²) in [6.45, 7) is 0.861. The number of nitrogens with zero attached hydrogens (tertiary/aromatic N) is 2. The number of imide groups is 1. The largest absolute Gasteiger partial charge is 0.454 e. The molecule has 3 amide bonds. The number of carbonyl (C=O) groups excluding carboxylic acids is 4. The van der Waals surface area contributed by atoms with E-state index in [0.29, 0.717) is 17.9 Å². The monoisotopic (exact) mass is 391 g/mol. The molecule has 1 N–H and O–H groups in total. The minimum absolute atomic E-state index is 0.259. The Hall–Kier alpha value is -2.74. The number of amides is 3. The van der Waals surface area contributed by atoms with Gasteiger partial charge in [0, 0.05) is 6.20 Å². The molecule has 1 fully saturated rings. The molecular weight excluding hydrogens is 374 g/mol. The third-order valence-electron chi connectivity index (χ3n) is 4.61. The SMILES string of the molecule is C[C@@H](C(=O)OCC(=O)Nc1ccc(Cl)cn1)N1C(=O)[C@H]2CC=CC[C@H]2C1=O. The molecule has 0 bridgehead atoms. The second kappa shape index (κ2) is 7.87. The van der Waals surface area contributed by atoms with Crippen molar-refractivity contribution in [1.82, 2.24) is 9.88 Å². The molecule has 1 aliphatic heterocycles. The van der Waals surface area contributed by atoms with Gasteiger partial charge in [0.2, 0.25) is 11.8 Å². The van der Waals surface area contributed by atoms with Crippen LogP contribution >= 0.6 is 11.6 Å². The number of aromatic nitrogens is 1. The average molecular weight is 392 g/mol. The lowest BCUT2D eigenvalue weighted by Crippen LogP contribution is -2.45. The zero-order chi connectivity index (χ0) is 19.6. The predicted octanol–water partition coefficient (Wildman–Crippen LogP) is 1.56. The molecule has 2 aliphatic rings. The van der Waals surface area contributed by atoms with Gasteiger partial charge >= 0.3 is 5.97 Å². The molecule has 3 rings (SSSR count). The summed E-state index contributed by atoms with van der Waals surface area (Å²) in [6.07, 6.45) is 6.08. The van der Waals surface area contributed by atoms with Crippen LogP contribution < -0.4 is 5.32 Å². The highest BCUT2D eigenvalue weighted by Crippen LogP contribution is 2.36. The van der Waals surface area contributed by atoms with E-state index in [1.165, 1.54) is 19.2 Å². The Labute approximate surface area is 160 Å². The van der Waals surface area contributed by atoms with Crippen LogP contribution in [0.3, 0.4) is 0 Å². The summed E-state index contributed by atoms with van der Waals surface area (Å²) in [6, 6.07) is 1.97. The summed E-state index contributed by atoms with van der Waals surface area (Å²) < 4.78 is 4.96. The minimum Gasteiger partial charge on any atom is -0.454 e. The lowest BCUT2D eigenvalue weighted by Gasteiger charge is -2.21. The highest BCUT2D eigenvalue weighted by Gasteiger charge is 2.50. The Morgan fingerprint density at radius 3 is 2.44 bits per heavy atom. The van der Waals surface area contributed by atoms with Gasteiger partial charge in [0.25, 0.3) is 5.91 Å². The van der Waals surface area contributed by atoms with E-state index in [1.807, 2.05) is 12.2 Å². The number of allylic oxidation sites excluding steroid dienone is 2. The summed E-state index contributed by atoms with van der Waals surface area (Å²) in [5.74, 6) is -2.73. The Balaban J connectivity index is 1.54. The van der Waals surface area contributed by atoms with Crippen LogP contribution in [0.4, 0.5) is 5.82 Å². The van der Waals surface area contributed by atoms with Crippen LogP contribution in [-0.4, -0.2) is 46.2 Å². The first-order chi connectivity index (χ1) is 12.9. The molecule has 9 heteroatoms. The van der Waals surface area contributed by atoms with Gasteiger partial charge in [-0.2, -0.15) is 0 Å². The second-order valence-corrected chi connectivity index (χ2v) is 6.83. The van der Waals surface area contributed by atoms with E-state index >= 15 is 0 Å². The van der Waals surface area contributed by atoms with E-state index < -0.39 is 36.4 Å². The van der Waals surface area contributed by atoms with Crippen molar-refractivity contribution in [2.45, 2.75) is 25.8 Å². The Morgan fingerprint density at radius 2 is 1.89 bits per heavy atom. The topological polar surface area (TPSA) is 106 Å². The van der Waals surface area contributed by atoms with Gasteiger partial charge < -0.3 is 10.1 Å². The molecule has 0 spiro atoms. The van der Waals surface area contributed by atoms with Gasteiger partial charge in [-0.3, -0.25) is 19.3 Å². The number of likely N-dealkylation sites (tertiary alicyclic amines) is 1. The number of pyridine rings is 1. The zero-order valence-electron chi connectivity index (χ0n) is 14.6. The number of nitrogens with one attached hydrogen (secondary N) is 1. The molecule has 0 radical (unpaired) electrons. The summed E-state index contributed by atoms with van der Waals surface area (Å²) in [4.78, 5) is 53.9. The third kappa shape index (κ3) is 4.00. The summed E-state index contributed by atoms with van der Waals surface area (Å²) in [5.41, 5.74) is 0. The number of esters is 1. The van der Waals surface area contributed by atoms with Crippen molar-refractivity contribution < 1.29 is 23.9 Å². The van der Waals surface area contributed by atoms with E-state index in [2.05, 4.69) is 10.3 Å². The number of ether oxygens (including phenoxy) is 1. The van der Waals surface area contributed by atoms with E-state index in [1.54, 1.807) is 6.07 Å². The van der Waals surface area contributed by atoms with Crippen molar-refractivity contribution in [3.63, 3.8) is 0 Å². The summed E-state index contributed by atoms with van der Waals surface area (Å²) in [5, 5.41) is 2.87. The average Bonchev–Trinajstić information content (AvgIpc) is 2.92. The van der Waals surface area contributed by atoms with Gasteiger partial charge in [-0.25, -0.2) is 9.78 Å². The Kier molecular flexibility index (Phi) is 5.55. The van der Waals surface area contributed by atoms with Crippen molar-refractivity contribution in [2.75, 3.05) is 11.9 Å². The molecule has 0 saturated carbocycles. The maximum Gasteiger partial charge on any atom is 0.329 e. The van der Waals surface area contributed by atoms with Crippen LogP contribution in [0.1, 0.15) is 19.8 Å². The summed E-state index contributed by atoms with van der Waals surface area (Å²) in [7, 11) is 0. The van der Waals surface area contributed by atoms with Crippen molar-refractivity contribution in [3.05, 3.63) is 35.5 Å². The predicted molar refractivity (Wildman–Crippen MR) is 95.5 cm³/mol. The van der Waals surface area contributed by atoms with E-state index in [-0.39, 0.29) is 17.6 Å². The normalized spacial score (nSPS) is 22.4. The third-order valence-corrected chi connectivity index (χ3v) is 4.83. The summed E-state index contributed by atoms with van der Waals surface area (Å²) >= 11 is 5.71. The van der Waals surface area contributed by atoms with E-state index in [9.17, 15) is 19.2 Å². The molecule has 0 aromatic carbocycles. The van der Waals surface area contributed by atoms with Crippen LogP contribution in [0.2, 0.25) is 5.02 Å². The number of anilines is 1. The molecule has 1 aliphatic carbocycles. The first kappa shape index (κ1) is 19.0. The number of hydrogen-bond acceptors (Lipinski definition) is 6. The highest BCUT2D eigenvalue weighted by molar-refractivity contribution is 6.30. The maximum atomic E-state index is 12.5. The van der Waals surface area contributed by atoms with Gasteiger partial charge in [0.05, 0.1) is 16.9 Å². The van der Waals surface area contributed by atoms with Crippen LogP contribution in [0.15, 0.2) is 30.5 Å². The van der Waals surface area contributed by atoms with Gasteiger partial charge in [0.1, 0.15) is 11.9 Å². The van der Waals surface area contributed by atoms with Gasteiger partial charge in [-0.05, 0) is 31.9 Å². The second-order valence-electron chi connectivity index (χ2n) is 6.40. The maximum absolute atomic E-state index is 12.5. The Bertz CT molecular complexity index is 782. The molecule has 2 heterocycles. The van der Waals surface area contributed by atoms with Crippen molar-refractivity contribution in [2.24, 2.45) is 11.8 Å². The number of halogens is 1. The number of carbonyl (C=O) groups is 4. The fourth-order valence-corrected chi connectivity index (χ4v) is 3.31. The standard InChI is InChI=1S/C18H18ClN3O5/c1-10(22-16(24)12-4-2-3-5-13(12)17(22)25)18(26)27-9-15(23)21-14-7-6-11(19)8-20-14/h2-3,6-8,10,12-13H,4-5,9H2,1H3,(H,20,21,23)/t10-,12-,13+/m0/s1. The van der Waals surface area contributed by atoms with Crippen LogP contribution in [-0.2, 0) is 23.9 Å². The molecule has 1 saturated heterocycles. The smallest absolute Gasteiger partial charge is 0.329 e. The lowest BCUT2D eigenvalue weighted by atomic mass is 9.85. The molecule has 27 heavy (non-hydrogen) atoms. The first-order valence-corrected chi connectivity index (χ1v) is 8.86. The van der Waals surface area contributed by atoms with Crippen molar-refractivity contribution >= 4 is 41.1 Å². The fraction of sp³-hybridized carbons (Fsp3) is 0.389. The van der Waals surface area contributed by atoms with Crippen LogP contribution in [0.5, 0.6) is 0 Å². The minimum atomic E-state index is -1.09. The molecule has 3 atom stereocenters. The molecule has 1 aromatic rings. The van der Waals surface area contributed by atoms with E-state index in [0.717, 1.165) is 4.90 Å². The molecule has 8 nitrogen and oxygen atoms in total. The van der Waals surface area contributed by atoms with Crippen molar-refractivity contribution in [1.29, 1.82) is 0 Å². The van der Waals surface area contributed by atoms with Gasteiger partial charge in [-0.15, -0.1) is 0 Å². The fourth-order valence-electron chi connectivity index (χ4n) is 3.20. The quantitative estimate of drug-likeness (QED) is 0.464. The van der Waals surface area contributed by atoms with E-state index in [4.69, 9.17) is 16.3 Å². The van der Waals surface area contributed by atoms with Crippen LogP contribution in [0.25, 0.3) is 0 Å². The van der Waals surface area contributed by atoms with Crippen LogP contribution in [0, 0.1) is 11.8 Å². The zero-order valence-corrected chi connectivity index (χ0v) is 15.3. The van der Waals surface area contributed by atoms with Gasteiger partial charge in [0.15, 0.2) is 6.61 Å².